The molecule has 0 aliphatic heterocycles. The van der Waals surface area contributed by atoms with Crippen LogP contribution in [0.5, 0.6) is 11.5 Å². The Kier molecular flexibility index (Phi) is 7.61. The van der Waals surface area contributed by atoms with Gasteiger partial charge in [-0.25, -0.2) is 15.6 Å². The summed E-state index contributed by atoms with van der Waals surface area (Å²) in [5.41, 5.74) is 6.17. The molecular weight excluding hydrogens is 468 g/mol. The first-order chi connectivity index (χ1) is 12.5. The van der Waals surface area contributed by atoms with Crippen LogP contribution in [0.4, 0.5) is 4.79 Å². The summed E-state index contributed by atoms with van der Waals surface area (Å²) in [5, 5.41) is 7.75. The minimum Gasteiger partial charge on any atom is -0.497 e. The van der Waals surface area contributed by atoms with E-state index < -0.39 is 6.03 Å². The molecule has 2 aromatic rings. The number of amides is 2. The van der Waals surface area contributed by atoms with Crippen molar-refractivity contribution in [3.05, 3.63) is 56.5 Å². The van der Waals surface area contributed by atoms with Gasteiger partial charge in [-0.2, -0.15) is 10.2 Å². The molecule has 0 spiro atoms. The molecule has 136 valence electrons. The van der Waals surface area contributed by atoms with Crippen LogP contribution in [0.2, 0.25) is 0 Å². The fraction of sp³-hybridized carbons (Fsp3) is 0.118. The van der Waals surface area contributed by atoms with Crippen LogP contribution < -0.4 is 20.3 Å². The first kappa shape index (κ1) is 19.9. The van der Waals surface area contributed by atoms with Crippen molar-refractivity contribution >= 4 is 50.3 Å². The molecule has 7 nitrogen and oxygen atoms in total. The quantitative estimate of drug-likeness (QED) is 0.482. The van der Waals surface area contributed by atoms with Gasteiger partial charge in [-0.3, -0.25) is 0 Å². The molecule has 0 saturated heterocycles. The van der Waals surface area contributed by atoms with Crippen molar-refractivity contribution in [1.82, 2.24) is 10.9 Å². The van der Waals surface area contributed by atoms with Crippen LogP contribution in [0.15, 0.2) is 55.5 Å². The molecule has 9 heteroatoms. The molecule has 0 bridgehead atoms. The summed E-state index contributed by atoms with van der Waals surface area (Å²) in [6.45, 7) is 0. The van der Waals surface area contributed by atoms with Gasteiger partial charge in [-0.1, -0.05) is 31.9 Å². The van der Waals surface area contributed by atoms with Gasteiger partial charge in [0.25, 0.3) is 0 Å². The lowest BCUT2D eigenvalue weighted by Crippen LogP contribution is -2.28. The molecule has 0 saturated carbocycles. The Morgan fingerprint density at radius 2 is 1.31 bits per heavy atom. The van der Waals surface area contributed by atoms with Gasteiger partial charge in [0.05, 0.1) is 26.6 Å². The van der Waals surface area contributed by atoms with Crippen LogP contribution in [-0.2, 0) is 0 Å². The van der Waals surface area contributed by atoms with Gasteiger partial charge >= 0.3 is 6.03 Å². The number of hydrazone groups is 2. The topological polar surface area (TPSA) is 84.3 Å². The number of nitrogens with zero attached hydrogens (tertiary/aromatic N) is 2. The van der Waals surface area contributed by atoms with E-state index in [4.69, 9.17) is 9.47 Å². The molecule has 0 fully saturated rings. The van der Waals surface area contributed by atoms with E-state index in [-0.39, 0.29) is 0 Å². The van der Waals surface area contributed by atoms with Gasteiger partial charge in [0.15, 0.2) is 0 Å². The van der Waals surface area contributed by atoms with Crippen molar-refractivity contribution in [3.8, 4) is 11.5 Å². The fourth-order valence-electron chi connectivity index (χ4n) is 1.84. The molecule has 0 radical (unpaired) electrons. The Balaban J connectivity index is 1.91. The monoisotopic (exact) mass is 482 g/mol. The second kappa shape index (κ2) is 9.93. The predicted octanol–water partition coefficient (Wildman–Crippen LogP) is 3.90. The number of benzene rings is 2. The molecule has 2 amide bonds. The van der Waals surface area contributed by atoms with Crippen LogP contribution in [0.1, 0.15) is 11.1 Å². The van der Waals surface area contributed by atoms with Crippen molar-refractivity contribution in [2.45, 2.75) is 0 Å². The zero-order valence-corrected chi connectivity index (χ0v) is 17.2. The van der Waals surface area contributed by atoms with E-state index >= 15 is 0 Å². The molecule has 0 heterocycles. The van der Waals surface area contributed by atoms with Crippen LogP contribution in [-0.4, -0.2) is 32.7 Å². The second-order valence-electron chi connectivity index (χ2n) is 4.84. The number of urea groups is 1. The molecular formula is C17H16Br2N4O3. The molecule has 0 aliphatic carbocycles. The lowest BCUT2D eigenvalue weighted by Gasteiger charge is -2.04. The number of hydrogen-bond donors (Lipinski definition) is 2. The van der Waals surface area contributed by atoms with Gasteiger partial charge in [-0.15, -0.1) is 0 Å². The molecule has 0 atom stereocenters. The van der Waals surface area contributed by atoms with Gasteiger partial charge in [-0.05, 0) is 36.4 Å². The average Bonchev–Trinajstić information content (AvgIpc) is 2.64. The number of carbonyl (C=O) groups is 1. The maximum Gasteiger partial charge on any atom is 0.355 e. The fourth-order valence-corrected chi connectivity index (χ4v) is 2.54. The molecule has 2 rings (SSSR count). The lowest BCUT2D eigenvalue weighted by molar-refractivity contribution is 0.242. The number of methoxy groups -OCH3 is 2. The Hall–Kier alpha value is -2.39. The highest BCUT2D eigenvalue weighted by atomic mass is 79.9. The van der Waals surface area contributed by atoms with E-state index in [9.17, 15) is 4.79 Å². The van der Waals surface area contributed by atoms with Gasteiger partial charge in [0.2, 0.25) is 0 Å². The highest BCUT2D eigenvalue weighted by Crippen LogP contribution is 2.21. The number of rotatable bonds is 6. The van der Waals surface area contributed by atoms with E-state index in [1.807, 2.05) is 24.3 Å². The molecule has 26 heavy (non-hydrogen) atoms. The first-order valence-electron chi connectivity index (χ1n) is 7.32. The van der Waals surface area contributed by atoms with E-state index in [2.05, 4.69) is 52.9 Å². The summed E-state index contributed by atoms with van der Waals surface area (Å²) in [4.78, 5) is 11.7. The minimum atomic E-state index is -0.574. The lowest BCUT2D eigenvalue weighted by atomic mass is 10.2. The predicted molar refractivity (Wildman–Crippen MR) is 108 cm³/mol. The third-order valence-corrected chi connectivity index (χ3v) is 4.59. The number of hydrogen-bond acceptors (Lipinski definition) is 5. The average molecular weight is 484 g/mol. The third-order valence-electron chi connectivity index (χ3n) is 3.15. The number of carbonyl (C=O) groups excluding carboxylic acids is 1. The third kappa shape index (κ3) is 5.85. The van der Waals surface area contributed by atoms with Gasteiger partial charge in [0, 0.05) is 20.1 Å². The van der Waals surface area contributed by atoms with Crippen LogP contribution in [0.3, 0.4) is 0 Å². The van der Waals surface area contributed by atoms with Crippen LogP contribution >= 0.6 is 31.9 Å². The Bertz CT molecular complexity index is 773. The van der Waals surface area contributed by atoms with Crippen LogP contribution in [0, 0.1) is 0 Å². The van der Waals surface area contributed by atoms with Gasteiger partial charge < -0.3 is 9.47 Å². The summed E-state index contributed by atoms with van der Waals surface area (Å²) in [6.07, 6.45) is 2.99. The summed E-state index contributed by atoms with van der Waals surface area (Å²) in [7, 11) is 3.16. The van der Waals surface area contributed by atoms with E-state index in [0.29, 0.717) is 11.5 Å². The minimum absolute atomic E-state index is 0.574. The van der Waals surface area contributed by atoms with Crippen molar-refractivity contribution < 1.29 is 14.3 Å². The Labute approximate surface area is 167 Å². The van der Waals surface area contributed by atoms with Crippen molar-refractivity contribution in [2.24, 2.45) is 10.2 Å². The van der Waals surface area contributed by atoms with Crippen molar-refractivity contribution in [3.63, 3.8) is 0 Å². The number of halogens is 2. The normalized spacial score (nSPS) is 10.9. The second-order valence-corrected chi connectivity index (χ2v) is 6.55. The Morgan fingerprint density at radius 3 is 1.69 bits per heavy atom. The first-order valence-corrected chi connectivity index (χ1v) is 8.91. The summed E-state index contributed by atoms with van der Waals surface area (Å²) >= 11 is 6.80. The number of nitrogens with one attached hydrogen (secondary N) is 2. The van der Waals surface area contributed by atoms with Crippen molar-refractivity contribution in [2.75, 3.05) is 14.2 Å². The summed E-state index contributed by atoms with van der Waals surface area (Å²) < 4.78 is 11.9. The van der Waals surface area contributed by atoms with Crippen molar-refractivity contribution in [1.29, 1.82) is 0 Å². The SMILES string of the molecule is COc1ccc(Br)c(/C=N/NC(=O)N/N=C/c2cc(OC)ccc2Br)c1. The smallest absolute Gasteiger partial charge is 0.355 e. The maximum atomic E-state index is 11.7. The number of ether oxygens (including phenoxy) is 2. The standard InChI is InChI=1S/C17H16Br2N4O3/c1-25-13-3-5-15(18)11(7-13)9-20-22-17(24)23-21-10-12-8-14(26-2)4-6-16(12)19/h3-10H,1-2H3,(H2,22,23,24)/b20-9+,21-10+. The van der Waals surface area contributed by atoms with E-state index in [1.165, 1.54) is 12.4 Å². The zero-order chi connectivity index (χ0) is 18.9. The Morgan fingerprint density at radius 1 is 0.885 bits per heavy atom. The van der Waals surface area contributed by atoms with Crippen LogP contribution in [0.25, 0.3) is 0 Å². The maximum absolute atomic E-state index is 11.7. The van der Waals surface area contributed by atoms with E-state index in [0.717, 1.165) is 20.1 Å². The van der Waals surface area contributed by atoms with E-state index in [1.54, 1.807) is 26.4 Å². The summed E-state index contributed by atoms with van der Waals surface area (Å²) in [6, 6.07) is 10.3. The molecule has 0 aromatic heterocycles. The highest BCUT2D eigenvalue weighted by Gasteiger charge is 2.02. The zero-order valence-electron chi connectivity index (χ0n) is 14.0. The molecule has 2 N–H and O–H groups in total. The van der Waals surface area contributed by atoms with Gasteiger partial charge in [0.1, 0.15) is 11.5 Å². The highest BCUT2D eigenvalue weighted by molar-refractivity contribution is 9.10. The molecule has 0 unspecified atom stereocenters. The summed E-state index contributed by atoms with van der Waals surface area (Å²) in [5.74, 6) is 1.38. The largest absolute Gasteiger partial charge is 0.497 e. The molecule has 0 aliphatic rings. The molecule has 2 aromatic carbocycles.